The van der Waals surface area contributed by atoms with Crippen molar-refractivity contribution in [3.63, 3.8) is 0 Å². The summed E-state index contributed by atoms with van der Waals surface area (Å²) in [4.78, 5) is 0. The maximum absolute atomic E-state index is 5.73. The van der Waals surface area contributed by atoms with Crippen molar-refractivity contribution in [2.45, 2.75) is 12.5 Å². The molecule has 0 amide bonds. The fourth-order valence-corrected chi connectivity index (χ4v) is 1.60. The summed E-state index contributed by atoms with van der Waals surface area (Å²) < 4.78 is 5.73. The summed E-state index contributed by atoms with van der Waals surface area (Å²) in [5.41, 5.74) is 1.27. The summed E-state index contributed by atoms with van der Waals surface area (Å²) in [5, 5.41) is 3.37. The molecule has 1 aromatic rings. The molecule has 0 bridgehead atoms. The van der Waals surface area contributed by atoms with Crippen molar-refractivity contribution in [2.75, 3.05) is 19.7 Å². The van der Waals surface area contributed by atoms with Crippen molar-refractivity contribution in [3.05, 3.63) is 35.9 Å². The number of nitrogens with one attached hydrogen (secondary N) is 1. The molecule has 2 nitrogen and oxygen atoms in total. The molecule has 1 aromatic carbocycles. The minimum Gasteiger partial charge on any atom is -0.372 e. The van der Waals surface area contributed by atoms with Gasteiger partial charge in [-0.15, -0.1) is 0 Å². The lowest BCUT2D eigenvalue weighted by molar-refractivity contribution is 0.0669. The first-order chi connectivity index (χ1) is 6.47. The van der Waals surface area contributed by atoms with Gasteiger partial charge in [0.2, 0.25) is 0 Å². The first-order valence-corrected chi connectivity index (χ1v) is 4.84. The summed E-state index contributed by atoms with van der Waals surface area (Å²) in [7, 11) is 0. The molecule has 13 heavy (non-hydrogen) atoms. The van der Waals surface area contributed by atoms with Gasteiger partial charge in [-0.3, -0.25) is 0 Å². The number of hydrogen-bond acceptors (Lipinski definition) is 2. The van der Waals surface area contributed by atoms with E-state index in [1.807, 2.05) is 6.07 Å². The minimum atomic E-state index is 0.240. The Morgan fingerprint density at radius 1 is 1.23 bits per heavy atom. The van der Waals surface area contributed by atoms with Gasteiger partial charge in [-0.25, -0.2) is 0 Å². The van der Waals surface area contributed by atoms with Gasteiger partial charge in [0.15, 0.2) is 0 Å². The van der Waals surface area contributed by atoms with Gasteiger partial charge in [-0.1, -0.05) is 30.3 Å². The number of ether oxygens (including phenoxy) is 1. The molecule has 2 heteroatoms. The Balaban J connectivity index is 2.06. The minimum absolute atomic E-state index is 0.240. The monoisotopic (exact) mass is 177 g/mol. The lowest BCUT2D eigenvalue weighted by Crippen LogP contribution is -2.19. The molecule has 2 rings (SSSR count). The molecule has 0 radical (unpaired) electrons. The highest BCUT2D eigenvalue weighted by atomic mass is 16.5. The molecule has 0 unspecified atom stereocenters. The fraction of sp³-hybridized carbons (Fsp3) is 0.455. The Morgan fingerprint density at radius 3 is 2.92 bits per heavy atom. The maximum Gasteiger partial charge on any atom is 0.0949 e. The topological polar surface area (TPSA) is 21.3 Å². The van der Waals surface area contributed by atoms with Crippen LogP contribution >= 0.6 is 0 Å². The van der Waals surface area contributed by atoms with Gasteiger partial charge in [-0.2, -0.15) is 0 Å². The second kappa shape index (κ2) is 4.40. The van der Waals surface area contributed by atoms with Crippen molar-refractivity contribution in [2.24, 2.45) is 0 Å². The van der Waals surface area contributed by atoms with Crippen LogP contribution < -0.4 is 5.32 Å². The summed E-state index contributed by atoms with van der Waals surface area (Å²) >= 11 is 0. The van der Waals surface area contributed by atoms with Crippen LogP contribution in [0.15, 0.2) is 30.3 Å². The second-order valence-electron chi connectivity index (χ2n) is 3.33. The van der Waals surface area contributed by atoms with E-state index in [1.54, 1.807) is 0 Å². The van der Waals surface area contributed by atoms with Crippen molar-refractivity contribution >= 4 is 0 Å². The Bertz CT molecular complexity index is 240. The van der Waals surface area contributed by atoms with Gasteiger partial charge < -0.3 is 10.1 Å². The summed E-state index contributed by atoms with van der Waals surface area (Å²) in [5.74, 6) is 0. The molecule has 1 aliphatic heterocycles. The SMILES string of the molecule is c1ccc([C@H]2CNCCCO2)cc1. The summed E-state index contributed by atoms with van der Waals surface area (Å²) in [6.07, 6.45) is 1.35. The predicted molar refractivity (Wildman–Crippen MR) is 52.6 cm³/mol. The van der Waals surface area contributed by atoms with Crippen LogP contribution in [0.2, 0.25) is 0 Å². The van der Waals surface area contributed by atoms with Gasteiger partial charge >= 0.3 is 0 Å². The van der Waals surface area contributed by atoms with E-state index in [-0.39, 0.29) is 6.10 Å². The lowest BCUT2D eigenvalue weighted by Gasteiger charge is -2.14. The number of rotatable bonds is 1. The third kappa shape index (κ3) is 2.29. The Hall–Kier alpha value is -0.860. The van der Waals surface area contributed by atoms with E-state index < -0.39 is 0 Å². The molecular weight excluding hydrogens is 162 g/mol. The Labute approximate surface area is 78.9 Å². The molecule has 1 atom stereocenters. The quantitative estimate of drug-likeness (QED) is 0.705. The predicted octanol–water partition coefficient (Wildman–Crippen LogP) is 1.74. The first-order valence-electron chi connectivity index (χ1n) is 4.84. The van der Waals surface area contributed by atoms with E-state index in [0.717, 1.165) is 26.1 Å². The van der Waals surface area contributed by atoms with E-state index in [2.05, 4.69) is 29.6 Å². The van der Waals surface area contributed by atoms with E-state index in [4.69, 9.17) is 4.74 Å². The summed E-state index contributed by atoms with van der Waals surface area (Å²) in [6.45, 7) is 2.87. The highest BCUT2D eigenvalue weighted by molar-refractivity contribution is 5.18. The van der Waals surface area contributed by atoms with Crippen LogP contribution in [0.3, 0.4) is 0 Å². The standard InChI is InChI=1S/C11H15NO/c1-2-5-10(6-3-1)11-9-12-7-4-8-13-11/h1-3,5-6,11-12H,4,7-9H2/t11-/m1/s1. The number of benzene rings is 1. The lowest BCUT2D eigenvalue weighted by atomic mass is 10.1. The highest BCUT2D eigenvalue weighted by Crippen LogP contribution is 2.17. The van der Waals surface area contributed by atoms with Gasteiger partial charge in [0.05, 0.1) is 6.10 Å². The fourth-order valence-electron chi connectivity index (χ4n) is 1.60. The van der Waals surface area contributed by atoms with E-state index in [1.165, 1.54) is 5.56 Å². The molecule has 1 saturated heterocycles. The van der Waals surface area contributed by atoms with Crippen LogP contribution in [0.25, 0.3) is 0 Å². The van der Waals surface area contributed by atoms with E-state index >= 15 is 0 Å². The van der Waals surface area contributed by atoms with Gasteiger partial charge in [0, 0.05) is 13.2 Å². The molecule has 1 fully saturated rings. The van der Waals surface area contributed by atoms with Crippen molar-refractivity contribution in [1.29, 1.82) is 0 Å². The van der Waals surface area contributed by atoms with Crippen LogP contribution in [-0.2, 0) is 4.74 Å². The van der Waals surface area contributed by atoms with Crippen LogP contribution in [0.5, 0.6) is 0 Å². The molecule has 0 aliphatic carbocycles. The molecular formula is C11H15NO. The Kier molecular flexibility index (Phi) is 2.95. The van der Waals surface area contributed by atoms with E-state index in [9.17, 15) is 0 Å². The highest BCUT2D eigenvalue weighted by Gasteiger charge is 2.13. The maximum atomic E-state index is 5.73. The van der Waals surface area contributed by atoms with Crippen molar-refractivity contribution < 1.29 is 4.74 Å². The van der Waals surface area contributed by atoms with Gasteiger partial charge in [-0.05, 0) is 18.5 Å². The third-order valence-corrected chi connectivity index (χ3v) is 2.32. The molecule has 1 aliphatic rings. The Morgan fingerprint density at radius 2 is 2.08 bits per heavy atom. The average Bonchev–Trinajstić information content (AvgIpc) is 2.47. The van der Waals surface area contributed by atoms with Gasteiger partial charge in [0.25, 0.3) is 0 Å². The van der Waals surface area contributed by atoms with Crippen LogP contribution in [0, 0.1) is 0 Å². The molecule has 1 heterocycles. The normalized spacial score (nSPS) is 23.8. The van der Waals surface area contributed by atoms with Crippen LogP contribution in [-0.4, -0.2) is 19.7 Å². The molecule has 0 aromatic heterocycles. The van der Waals surface area contributed by atoms with E-state index in [0.29, 0.717) is 0 Å². The summed E-state index contributed by atoms with van der Waals surface area (Å²) in [6, 6.07) is 10.4. The zero-order valence-corrected chi connectivity index (χ0v) is 7.70. The third-order valence-electron chi connectivity index (χ3n) is 2.32. The number of hydrogen-bond donors (Lipinski definition) is 1. The zero-order valence-electron chi connectivity index (χ0n) is 7.70. The van der Waals surface area contributed by atoms with Crippen LogP contribution in [0.1, 0.15) is 18.1 Å². The molecule has 0 saturated carbocycles. The average molecular weight is 177 g/mol. The molecule has 1 N–H and O–H groups in total. The largest absolute Gasteiger partial charge is 0.372 e. The first kappa shape index (κ1) is 8.73. The molecule has 0 spiro atoms. The second-order valence-corrected chi connectivity index (χ2v) is 3.33. The van der Waals surface area contributed by atoms with Crippen molar-refractivity contribution in [3.8, 4) is 0 Å². The van der Waals surface area contributed by atoms with Crippen LogP contribution in [0.4, 0.5) is 0 Å². The smallest absolute Gasteiger partial charge is 0.0949 e. The molecule has 70 valence electrons. The zero-order chi connectivity index (χ0) is 8.93. The van der Waals surface area contributed by atoms with Gasteiger partial charge in [0.1, 0.15) is 0 Å². The van der Waals surface area contributed by atoms with Crippen molar-refractivity contribution in [1.82, 2.24) is 5.32 Å².